The van der Waals surface area contributed by atoms with Crippen molar-refractivity contribution >= 4 is 76.4 Å². The van der Waals surface area contributed by atoms with E-state index in [4.69, 9.17) is 0 Å². The molecule has 0 N–H and O–H groups in total. The van der Waals surface area contributed by atoms with Gasteiger partial charge in [0.1, 0.15) is 0 Å². The van der Waals surface area contributed by atoms with Crippen LogP contribution in [0.4, 0.5) is 34.1 Å². The van der Waals surface area contributed by atoms with Gasteiger partial charge in [-0.25, -0.2) is 0 Å². The first kappa shape index (κ1) is 32.7. The van der Waals surface area contributed by atoms with E-state index in [0.29, 0.717) is 0 Å². The van der Waals surface area contributed by atoms with Crippen molar-refractivity contribution in [2.24, 2.45) is 0 Å². The molecule has 10 rings (SSSR count). The number of hydrogen-bond acceptors (Lipinski definition) is 3. The van der Waals surface area contributed by atoms with Crippen molar-refractivity contribution in [1.82, 2.24) is 0 Å². The zero-order valence-corrected chi connectivity index (χ0v) is 30.9. The van der Waals surface area contributed by atoms with Gasteiger partial charge in [0.2, 0.25) is 0 Å². The molecule has 3 heteroatoms. The molecule has 1 heterocycles. The third-order valence-corrected chi connectivity index (χ3v) is 11.6. The Morgan fingerprint density at radius 3 is 1.67 bits per heavy atom. The lowest BCUT2D eigenvalue weighted by molar-refractivity contribution is 1.24. The lowest BCUT2D eigenvalue weighted by Gasteiger charge is -2.35. The van der Waals surface area contributed by atoms with E-state index in [1.807, 2.05) is 11.3 Å². The van der Waals surface area contributed by atoms with Gasteiger partial charge in [0.15, 0.2) is 0 Å². The topological polar surface area (TPSA) is 6.48 Å². The van der Waals surface area contributed by atoms with Crippen molar-refractivity contribution in [3.63, 3.8) is 0 Å². The molecule has 55 heavy (non-hydrogen) atoms. The highest BCUT2D eigenvalue weighted by molar-refractivity contribution is 7.26. The fourth-order valence-electron chi connectivity index (χ4n) is 7.93. The quantitative estimate of drug-likeness (QED) is 0.154. The van der Waals surface area contributed by atoms with Gasteiger partial charge in [-0.15, -0.1) is 11.3 Å². The van der Waals surface area contributed by atoms with E-state index in [9.17, 15) is 0 Å². The van der Waals surface area contributed by atoms with Gasteiger partial charge in [0, 0.05) is 42.8 Å². The monoisotopic (exact) mass is 720 g/mol. The molecule has 0 unspecified atom stereocenters. The van der Waals surface area contributed by atoms with Crippen LogP contribution in [0.5, 0.6) is 0 Å². The highest BCUT2D eigenvalue weighted by Gasteiger charge is 2.28. The normalized spacial score (nSPS) is 11.3. The number of nitrogens with zero attached hydrogens (tertiary/aromatic N) is 2. The maximum atomic E-state index is 2.50. The van der Waals surface area contributed by atoms with E-state index >= 15 is 0 Å². The van der Waals surface area contributed by atoms with Crippen LogP contribution in [0.2, 0.25) is 0 Å². The second-order valence-corrected chi connectivity index (χ2v) is 14.8. The van der Waals surface area contributed by atoms with Crippen LogP contribution in [-0.4, -0.2) is 0 Å². The van der Waals surface area contributed by atoms with Crippen molar-refractivity contribution in [1.29, 1.82) is 0 Å². The van der Waals surface area contributed by atoms with Crippen molar-refractivity contribution in [2.45, 2.75) is 0 Å². The van der Waals surface area contributed by atoms with Gasteiger partial charge in [-0.3, -0.25) is 0 Å². The molecule has 0 amide bonds. The predicted octanol–water partition coefficient (Wildman–Crippen LogP) is 15.5. The first-order valence-corrected chi connectivity index (χ1v) is 19.5. The van der Waals surface area contributed by atoms with E-state index < -0.39 is 0 Å². The molecule has 0 spiro atoms. The Hall–Kier alpha value is -6.94. The van der Waals surface area contributed by atoms with E-state index in [-0.39, 0.29) is 0 Å². The summed E-state index contributed by atoms with van der Waals surface area (Å²) >= 11 is 1.88. The largest absolute Gasteiger partial charge is 0.308 e. The van der Waals surface area contributed by atoms with E-state index in [2.05, 4.69) is 228 Å². The molecule has 0 atom stereocenters. The number of rotatable bonds is 8. The molecule has 0 saturated carbocycles. The summed E-state index contributed by atoms with van der Waals surface area (Å²) in [5.74, 6) is 0. The summed E-state index contributed by atoms with van der Waals surface area (Å²) in [7, 11) is 0. The molecule has 0 radical (unpaired) electrons. The summed E-state index contributed by atoms with van der Waals surface area (Å²) in [5.41, 5.74) is 11.3. The molecule has 0 saturated heterocycles. The number of para-hydroxylation sites is 3. The Bertz CT molecular complexity index is 2920. The van der Waals surface area contributed by atoms with Gasteiger partial charge in [-0.1, -0.05) is 164 Å². The summed E-state index contributed by atoms with van der Waals surface area (Å²) in [4.78, 5) is 4.94. The summed E-state index contributed by atoms with van der Waals surface area (Å²) < 4.78 is 2.54. The minimum Gasteiger partial charge on any atom is -0.308 e. The van der Waals surface area contributed by atoms with Crippen LogP contribution in [0.15, 0.2) is 218 Å². The fourth-order valence-corrected chi connectivity index (χ4v) is 9.17. The van der Waals surface area contributed by atoms with Crippen LogP contribution < -0.4 is 9.80 Å². The number of anilines is 6. The highest BCUT2D eigenvalue weighted by atomic mass is 32.1. The van der Waals surface area contributed by atoms with Gasteiger partial charge < -0.3 is 9.80 Å². The van der Waals surface area contributed by atoms with Crippen LogP contribution in [0.25, 0.3) is 53.2 Å². The van der Waals surface area contributed by atoms with Crippen LogP contribution in [0.1, 0.15) is 0 Å². The minimum absolute atomic E-state index is 1.09. The SMILES string of the molecule is c1ccc(-c2cccc(N(c3ccccc3)c3ccc4sc5c6ccccc6ccc5c4c3N(c3ccccc3)c3ccccc3-c3ccccc3)c2)cc1. The Morgan fingerprint density at radius 1 is 0.345 bits per heavy atom. The lowest BCUT2D eigenvalue weighted by Crippen LogP contribution is -2.18. The zero-order valence-electron chi connectivity index (χ0n) is 30.1. The molecule has 0 aliphatic carbocycles. The standard InChI is InChI=1S/C52H36N2S/c1-5-18-37(19-6-1)40-23-17-28-43(36-40)53(41-24-9-3-10-25-41)48-34-35-49-50(46-33-32-39-22-13-14-30-45(39)52(46)55-49)51(48)54(42-26-11-4-12-27-42)47-31-16-15-29-44(47)38-20-7-2-8-21-38/h1-36H. The Kier molecular flexibility index (Phi) is 8.40. The zero-order chi connectivity index (χ0) is 36.6. The van der Waals surface area contributed by atoms with Crippen molar-refractivity contribution in [2.75, 3.05) is 9.80 Å². The first-order valence-electron chi connectivity index (χ1n) is 18.7. The van der Waals surface area contributed by atoms with E-state index in [1.54, 1.807) is 0 Å². The smallest absolute Gasteiger partial charge is 0.0796 e. The van der Waals surface area contributed by atoms with Gasteiger partial charge >= 0.3 is 0 Å². The summed E-state index contributed by atoms with van der Waals surface area (Å²) in [6, 6.07) is 78.9. The van der Waals surface area contributed by atoms with E-state index in [0.717, 1.165) is 39.7 Å². The van der Waals surface area contributed by atoms with Crippen molar-refractivity contribution < 1.29 is 0 Å². The first-order chi connectivity index (χ1) is 27.3. The number of benzene rings is 9. The molecule has 0 bridgehead atoms. The molecule has 0 aliphatic heterocycles. The second kappa shape index (κ2) is 14.1. The molecular weight excluding hydrogens is 685 g/mol. The molecule has 2 nitrogen and oxygen atoms in total. The third-order valence-electron chi connectivity index (χ3n) is 10.4. The van der Waals surface area contributed by atoms with E-state index in [1.165, 1.54) is 47.6 Å². The maximum absolute atomic E-state index is 2.50. The molecule has 10 aromatic rings. The molecule has 0 aliphatic rings. The summed E-state index contributed by atoms with van der Waals surface area (Å²) in [6.07, 6.45) is 0. The van der Waals surface area contributed by atoms with Gasteiger partial charge in [-0.2, -0.15) is 0 Å². The Labute approximate surface area is 325 Å². The van der Waals surface area contributed by atoms with Gasteiger partial charge in [0.25, 0.3) is 0 Å². The molecular formula is C52H36N2S. The third kappa shape index (κ3) is 5.92. The average Bonchev–Trinajstić information content (AvgIpc) is 3.66. The van der Waals surface area contributed by atoms with Crippen LogP contribution in [0, 0.1) is 0 Å². The van der Waals surface area contributed by atoms with Crippen LogP contribution >= 0.6 is 11.3 Å². The molecule has 0 fully saturated rings. The van der Waals surface area contributed by atoms with Crippen molar-refractivity contribution in [3.05, 3.63) is 218 Å². The van der Waals surface area contributed by atoms with Crippen LogP contribution in [0.3, 0.4) is 0 Å². The van der Waals surface area contributed by atoms with Crippen LogP contribution in [-0.2, 0) is 0 Å². The number of hydrogen-bond donors (Lipinski definition) is 0. The Balaban J connectivity index is 1.35. The predicted molar refractivity (Wildman–Crippen MR) is 237 cm³/mol. The van der Waals surface area contributed by atoms with Gasteiger partial charge in [0.05, 0.1) is 17.1 Å². The second-order valence-electron chi connectivity index (χ2n) is 13.7. The Morgan fingerprint density at radius 2 is 0.927 bits per heavy atom. The fraction of sp³-hybridized carbons (Fsp3) is 0. The average molecular weight is 721 g/mol. The lowest BCUT2D eigenvalue weighted by atomic mass is 9.99. The molecule has 9 aromatic carbocycles. The molecule has 1 aromatic heterocycles. The summed E-state index contributed by atoms with van der Waals surface area (Å²) in [6.45, 7) is 0. The maximum Gasteiger partial charge on any atom is 0.0796 e. The van der Waals surface area contributed by atoms with Crippen molar-refractivity contribution in [3.8, 4) is 22.3 Å². The number of thiophene rings is 1. The minimum atomic E-state index is 1.09. The highest BCUT2D eigenvalue weighted by Crippen LogP contribution is 2.54. The molecule has 260 valence electrons. The van der Waals surface area contributed by atoms with Gasteiger partial charge in [-0.05, 0) is 82.1 Å². The number of fused-ring (bicyclic) bond motifs is 5. The summed E-state index contributed by atoms with van der Waals surface area (Å²) in [5, 5.41) is 5.01.